The molecule has 0 spiro atoms. The fourth-order valence-corrected chi connectivity index (χ4v) is 2.81. The molecule has 1 amide bonds. The summed E-state index contributed by atoms with van der Waals surface area (Å²) in [5.41, 5.74) is 3.54. The van der Waals surface area contributed by atoms with Gasteiger partial charge in [0.15, 0.2) is 6.61 Å². The lowest BCUT2D eigenvalue weighted by atomic mass is 10.0. The zero-order valence-electron chi connectivity index (χ0n) is 14.2. The molecule has 25 heavy (non-hydrogen) atoms. The summed E-state index contributed by atoms with van der Waals surface area (Å²) in [6, 6.07) is 10.2. The smallest absolute Gasteiger partial charge is 0.338 e. The van der Waals surface area contributed by atoms with Gasteiger partial charge in [-0.1, -0.05) is 41.4 Å². The summed E-state index contributed by atoms with van der Waals surface area (Å²) in [5.74, 6) is -1.04. The standard InChI is InChI=1S/C19H19Cl2NO3/c1-11-4-5-14(6-12(11)2)13(3)22-18(23)10-25-19(24)15-7-16(20)9-17(21)8-15/h4-9,13H,10H2,1-3H3,(H,22,23)/t13-/m1/s1. The van der Waals surface area contributed by atoms with Crippen molar-refractivity contribution in [2.75, 3.05) is 6.61 Å². The van der Waals surface area contributed by atoms with Gasteiger partial charge in [-0.15, -0.1) is 0 Å². The number of halogens is 2. The number of hydrogen-bond acceptors (Lipinski definition) is 3. The van der Waals surface area contributed by atoms with Crippen LogP contribution < -0.4 is 5.32 Å². The number of benzene rings is 2. The fourth-order valence-electron chi connectivity index (χ4n) is 2.29. The first kappa shape index (κ1) is 19.3. The molecule has 2 rings (SSSR count). The molecule has 0 heterocycles. The summed E-state index contributed by atoms with van der Waals surface area (Å²) < 4.78 is 5.01. The molecule has 0 aliphatic rings. The van der Waals surface area contributed by atoms with Gasteiger partial charge < -0.3 is 10.1 Å². The molecule has 2 aromatic carbocycles. The Hall–Kier alpha value is -2.04. The second-order valence-corrected chi connectivity index (χ2v) is 6.74. The topological polar surface area (TPSA) is 55.4 Å². The van der Waals surface area contributed by atoms with Crippen molar-refractivity contribution in [1.29, 1.82) is 0 Å². The van der Waals surface area contributed by atoms with Crippen molar-refractivity contribution in [3.8, 4) is 0 Å². The van der Waals surface area contributed by atoms with Crippen molar-refractivity contribution in [2.45, 2.75) is 26.8 Å². The van der Waals surface area contributed by atoms with E-state index in [0.29, 0.717) is 10.0 Å². The number of rotatable bonds is 5. The Morgan fingerprint density at radius 1 is 1.04 bits per heavy atom. The Bertz CT molecular complexity index is 785. The van der Waals surface area contributed by atoms with Crippen LogP contribution in [0.15, 0.2) is 36.4 Å². The Morgan fingerprint density at radius 3 is 2.28 bits per heavy atom. The van der Waals surface area contributed by atoms with Crippen LogP contribution in [0, 0.1) is 13.8 Å². The number of esters is 1. The van der Waals surface area contributed by atoms with E-state index in [1.165, 1.54) is 23.8 Å². The van der Waals surface area contributed by atoms with Gasteiger partial charge in [0, 0.05) is 10.0 Å². The fraction of sp³-hybridized carbons (Fsp3) is 0.263. The van der Waals surface area contributed by atoms with E-state index in [1.807, 2.05) is 39.0 Å². The number of carbonyl (C=O) groups is 2. The van der Waals surface area contributed by atoms with Crippen LogP contribution in [0.2, 0.25) is 10.0 Å². The van der Waals surface area contributed by atoms with Crippen LogP contribution in [0.3, 0.4) is 0 Å². The van der Waals surface area contributed by atoms with E-state index in [2.05, 4.69) is 5.32 Å². The molecule has 132 valence electrons. The first-order chi connectivity index (χ1) is 11.8. The van der Waals surface area contributed by atoms with Crippen molar-refractivity contribution >= 4 is 35.1 Å². The Morgan fingerprint density at radius 2 is 1.68 bits per heavy atom. The lowest BCUT2D eigenvalue weighted by Gasteiger charge is -2.16. The van der Waals surface area contributed by atoms with Crippen molar-refractivity contribution in [1.82, 2.24) is 5.32 Å². The third kappa shape index (κ3) is 5.48. The molecular weight excluding hydrogens is 361 g/mol. The summed E-state index contributed by atoms with van der Waals surface area (Å²) in [7, 11) is 0. The molecule has 0 unspecified atom stereocenters. The average molecular weight is 380 g/mol. The molecular formula is C19H19Cl2NO3. The highest BCUT2D eigenvalue weighted by atomic mass is 35.5. The molecule has 0 saturated heterocycles. The summed E-state index contributed by atoms with van der Waals surface area (Å²) in [6.07, 6.45) is 0. The number of amides is 1. The van der Waals surface area contributed by atoms with Crippen molar-refractivity contribution in [2.24, 2.45) is 0 Å². The molecule has 1 N–H and O–H groups in total. The van der Waals surface area contributed by atoms with E-state index in [-0.39, 0.29) is 24.1 Å². The summed E-state index contributed by atoms with van der Waals surface area (Å²) in [5, 5.41) is 3.46. The molecule has 0 radical (unpaired) electrons. The molecule has 0 saturated carbocycles. The quantitative estimate of drug-likeness (QED) is 0.769. The van der Waals surface area contributed by atoms with Crippen LogP contribution in [-0.4, -0.2) is 18.5 Å². The maximum atomic E-state index is 12.0. The molecule has 0 fully saturated rings. The van der Waals surface area contributed by atoms with Gasteiger partial charge in [0.1, 0.15) is 0 Å². The Labute approximate surface area is 157 Å². The number of hydrogen-bond donors (Lipinski definition) is 1. The Kier molecular flexibility index (Phi) is 6.45. The number of ether oxygens (including phenoxy) is 1. The summed E-state index contributed by atoms with van der Waals surface area (Å²) >= 11 is 11.7. The average Bonchev–Trinajstić information content (AvgIpc) is 2.54. The zero-order chi connectivity index (χ0) is 18.6. The normalized spacial score (nSPS) is 11.7. The van der Waals surface area contributed by atoms with Crippen LogP contribution in [0.4, 0.5) is 0 Å². The van der Waals surface area contributed by atoms with E-state index in [4.69, 9.17) is 27.9 Å². The van der Waals surface area contributed by atoms with E-state index < -0.39 is 5.97 Å². The zero-order valence-corrected chi connectivity index (χ0v) is 15.7. The van der Waals surface area contributed by atoms with Crippen LogP contribution >= 0.6 is 23.2 Å². The van der Waals surface area contributed by atoms with Crippen molar-refractivity contribution in [3.05, 3.63) is 68.7 Å². The van der Waals surface area contributed by atoms with Gasteiger partial charge in [-0.05, 0) is 55.7 Å². The Balaban J connectivity index is 1.91. The maximum absolute atomic E-state index is 12.0. The molecule has 0 bridgehead atoms. The second-order valence-electron chi connectivity index (χ2n) is 5.87. The predicted molar refractivity (Wildman–Crippen MR) is 99.2 cm³/mol. The molecule has 6 heteroatoms. The van der Waals surface area contributed by atoms with Crippen molar-refractivity contribution in [3.63, 3.8) is 0 Å². The molecule has 0 aromatic heterocycles. The van der Waals surface area contributed by atoms with E-state index in [0.717, 1.165) is 11.1 Å². The van der Waals surface area contributed by atoms with Gasteiger partial charge >= 0.3 is 5.97 Å². The monoisotopic (exact) mass is 379 g/mol. The largest absolute Gasteiger partial charge is 0.452 e. The highest BCUT2D eigenvalue weighted by Crippen LogP contribution is 2.20. The van der Waals surface area contributed by atoms with Crippen LogP contribution in [0.25, 0.3) is 0 Å². The number of aryl methyl sites for hydroxylation is 2. The number of carbonyl (C=O) groups excluding carboxylic acids is 2. The van der Waals surface area contributed by atoms with Crippen molar-refractivity contribution < 1.29 is 14.3 Å². The third-order valence-electron chi connectivity index (χ3n) is 3.84. The maximum Gasteiger partial charge on any atom is 0.338 e. The lowest BCUT2D eigenvalue weighted by Crippen LogP contribution is -2.31. The SMILES string of the molecule is Cc1ccc([C@@H](C)NC(=O)COC(=O)c2cc(Cl)cc(Cl)c2)cc1C. The minimum atomic E-state index is -0.654. The van der Waals surface area contributed by atoms with Gasteiger partial charge in [0.05, 0.1) is 11.6 Å². The third-order valence-corrected chi connectivity index (χ3v) is 4.28. The van der Waals surface area contributed by atoms with Crippen LogP contribution in [0.5, 0.6) is 0 Å². The minimum absolute atomic E-state index is 0.189. The van der Waals surface area contributed by atoms with Gasteiger partial charge in [0.2, 0.25) is 0 Å². The van der Waals surface area contributed by atoms with E-state index in [9.17, 15) is 9.59 Å². The minimum Gasteiger partial charge on any atom is -0.452 e. The summed E-state index contributed by atoms with van der Waals surface area (Å²) in [6.45, 7) is 5.55. The van der Waals surface area contributed by atoms with Gasteiger partial charge in [-0.25, -0.2) is 4.79 Å². The predicted octanol–water partition coefficient (Wildman–Crippen LogP) is 4.64. The first-order valence-corrected chi connectivity index (χ1v) is 8.51. The second kappa shape index (κ2) is 8.37. The highest BCUT2D eigenvalue weighted by molar-refractivity contribution is 6.35. The summed E-state index contributed by atoms with van der Waals surface area (Å²) in [4.78, 5) is 24.0. The van der Waals surface area contributed by atoms with Crippen LogP contribution in [0.1, 0.15) is 40.0 Å². The van der Waals surface area contributed by atoms with E-state index >= 15 is 0 Å². The van der Waals surface area contributed by atoms with Gasteiger partial charge in [0.25, 0.3) is 5.91 Å². The van der Waals surface area contributed by atoms with Gasteiger partial charge in [-0.3, -0.25) is 4.79 Å². The molecule has 1 atom stereocenters. The molecule has 2 aromatic rings. The lowest BCUT2D eigenvalue weighted by molar-refractivity contribution is -0.124. The van der Waals surface area contributed by atoms with Gasteiger partial charge in [-0.2, -0.15) is 0 Å². The molecule has 0 aliphatic heterocycles. The number of nitrogens with one attached hydrogen (secondary N) is 1. The highest BCUT2D eigenvalue weighted by Gasteiger charge is 2.14. The van der Waals surface area contributed by atoms with Crippen LogP contribution in [-0.2, 0) is 9.53 Å². The molecule has 0 aliphatic carbocycles. The molecule has 4 nitrogen and oxygen atoms in total. The van der Waals surface area contributed by atoms with E-state index in [1.54, 1.807) is 0 Å². The first-order valence-electron chi connectivity index (χ1n) is 7.76.